The van der Waals surface area contributed by atoms with E-state index in [4.69, 9.17) is 9.05 Å². The number of aliphatic hydroxyl groups is 1. The Balaban J connectivity index is 4.25. The van der Waals surface area contributed by atoms with Gasteiger partial charge in [0, 0.05) is 6.42 Å². The van der Waals surface area contributed by atoms with Crippen LogP contribution in [-0.4, -0.2) is 68.5 Å². The summed E-state index contributed by atoms with van der Waals surface area (Å²) < 4.78 is 23.3. The molecule has 0 aliphatic heterocycles. The number of likely N-dealkylation sites (N-methyl/N-ethyl adjacent to an activating group) is 1. The first kappa shape index (κ1) is 69.2. The number of nitrogens with one attached hydrogen (secondary N) is 1. The molecule has 0 saturated carbocycles. The molecule has 1 amide bonds. The van der Waals surface area contributed by atoms with Crippen LogP contribution in [0.25, 0.3) is 0 Å². The normalized spacial score (nSPS) is 14.3. The van der Waals surface area contributed by atoms with Crippen LogP contribution in [0.2, 0.25) is 0 Å². The highest BCUT2D eigenvalue weighted by Gasteiger charge is 2.23. The third-order valence-electron chi connectivity index (χ3n) is 13.4. The van der Waals surface area contributed by atoms with E-state index in [0.717, 1.165) is 51.4 Å². The van der Waals surface area contributed by atoms with Gasteiger partial charge in [0.05, 0.1) is 39.9 Å². The van der Waals surface area contributed by atoms with Crippen molar-refractivity contribution in [2.75, 3.05) is 40.9 Å². The van der Waals surface area contributed by atoms with Gasteiger partial charge in [-0.25, -0.2) is 0 Å². The number of hydrogen-bond acceptors (Lipinski definition) is 6. The Hall–Kier alpha value is -1.80. The molecule has 3 unspecified atom stereocenters. The molecule has 0 bridgehead atoms. The van der Waals surface area contributed by atoms with Crippen LogP contribution in [-0.2, 0) is 18.4 Å². The van der Waals surface area contributed by atoms with Gasteiger partial charge in [0.15, 0.2) is 0 Å². The van der Waals surface area contributed by atoms with E-state index >= 15 is 0 Å². The van der Waals surface area contributed by atoms with Crippen LogP contribution in [0.15, 0.2) is 60.8 Å². The predicted molar refractivity (Wildman–Crippen MR) is 307 cm³/mol. The highest BCUT2D eigenvalue weighted by atomic mass is 31.2. The van der Waals surface area contributed by atoms with E-state index < -0.39 is 26.6 Å². The number of hydrogen-bond donors (Lipinski definition) is 2. The Morgan fingerprint density at radius 3 is 1.23 bits per heavy atom. The van der Waals surface area contributed by atoms with Crippen LogP contribution in [0.4, 0.5) is 0 Å². The lowest BCUT2D eigenvalue weighted by Gasteiger charge is -2.29. The smallest absolute Gasteiger partial charge is 0.268 e. The second-order valence-electron chi connectivity index (χ2n) is 21.7. The van der Waals surface area contributed by atoms with Gasteiger partial charge in [0.25, 0.3) is 7.82 Å². The number of phosphoric ester groups is 1. The summed E-state index contributed by atoms with van der Waals surface area (Å²) in [6, 6.07) is -0.914. The zero-order chi connectivity index (χ0) is 52.0. The van der Waals surface area contributed by atoms with Gasteiger partial charge < -0.3 is 28.8 Å². The second-order valence-corrected chi connectivity index (χ2v) is 23.1. The maximum absolute atomic E-state index is 13.0. The Morgan fingerprint density at radius 2 is 0.831 bits per heavy atom. The van der Waals surface area contributed by atoms with Gasteiger partial charge in [-0.05, 0) is 77.0 Å². The maximum Gasteiger partial charge on any atom is 0.268 e. The number of nitrogens with zero attached hydrogens (tertiary/aromatic N) is 1. The molecule has 0 aliphatic carbocycles. The molecule has 0 rings (SSSR count). The molecule has 416 valence electrons. The molecular weight excluding hydrogens is 900 g/mol. The van der Waals surface area contributed by atoms with Gasteiger partial charge in [-0.15, -0.1) is 0 Å². The van der Waals surface area contributed by atoms with Crippen molar-refractivity contribution in [1.29, 1.82) is 0 Å². The van der Waals surface area contributed by atoms with Crippen LogP contribution in [0.5, 0.6) is 0 Å². The number of carbonyl (C=O) groups is 1. The summed E-state index contributed by atoms with van der Waals surface area (Å²) in [6.07, 6.45) is 71.7. The minimum atomic E-state index is -4.61. The molecule has 9 heteroatoms. The molecule has 0 fully saturated rings. The summed E-state index contributed by atoms with van der Waals surface area (Å²) in [5.41, 5.74) is 0. The zero-order valence-corrected chi connectivity index (χ0v) is 48.3. The minimum absolute atomic E-state index is 0.0108. The van der Waals surface area contributed by atoms with Crippen molar-refractivity contribution < 1.29 is 32.9 Å². The molecule has 0 aromatic carbocycles. The quantitative estimate of drug-likeness (QED) is 0.0272. The fourth-order valence-corrected chi connectivity index (χ4v) is 9.41. The van der Waals surface area contributed by atoms with Crippen molar-refractivity contribution in [2.24, 2.45) is 0 Å². The second kappa shape index (κ2) is 53.0. The molecule has 2 N–H and O–H groups in total. The lowest BCUT2D eigenvalue weighted by atomic mass is 10.0. The van der Waals surface area contributed by atoms with E-state index in [2.05, 4.69) is 67.8 Å². The molecule has 0 heterocycles. The van der Waals surface area contributed by atoms with Crippen molar-refractivity contribution in [3.05, 3.63) is 60.8 Å². The Kier molecular flexibility index (Phi) is 51.7. The SMILES string of the molecule is CCCCCCCCCCC/C=C\C/C=C\CCCCCCCCCCCCCC(=O)NC(COP(=O)([O-])OCC[N+](C)(C)C)C(O)/C=C/CC/C=C/CC/C=C/CCCCCCCCCCCCCC. The lowest BCUT2D eigenvalue weighted by molar-refractivity contribution is -0.870. The molecule has 8 nitrogen and oxygen atoms in total. The highest BCUT2D eigenvalue weighted by Crippen LogP contribution is 2.38. The molecule has 0 saturated heterocycles. The summed E-state index contributed by atoms with van der Waals surface area (Å²) in [7, 11) is 1.23. The predicted octanol–water partition coefficient (Wildman–Crippen LogP) is 17.9. The lowest BCUT2D eigenvalue weighted by Crippen LogP contribution is -2.45. The average molecular weight is 1020 g/mol. The molecule has 3 atom stereocenters. The zero-order valence-electron chi connectivity index (χ0n) is 47.4. The molecular formula is C62H117N2O6P. The van der Waals surface area contributed by atoms with Crippen LogP contribution in [0.1, 0.15) is 277 Å². The van der Waals surface area contributed by atoms with E-state index in [0.29, 0.717) is 17.4 Å². The van der Waals surface area contributed by atoms with Gasteiger partial charge in [-0.1, -0.05) is 254 Å². The van der Waals surface area contributed by atoms with E-state index in [1.807, 2.05) is 27.2 Å². The Bertz CT molecular complexity index is 1340. The van der Waals surface area contributed by atoms with Gasteiger partial charge in [-0.3, -0.25) is 9.36 Å². The summed E-state index contributed by atoms with van der Waals surface area (Å²) in [5.74, 6) is -0.212. The van der Waals surface area contributed by atoms with E-state index in [-0.39, 0.29) is 12.5 Å². The molecule has 0 aliphatic rings. The number of rotatable bonds is 55. The van der Waals surface area contributed by atoms with Crippen LogP contribution in [0.3, 0.4) is 0 Å². The van der Waals surface area contributed by atoms with E-state index in [1.54, 1.807) is 6.08 Å². The number of amides is 1. The number of quaternary nitrogens is 1. The molecule has 71 heavy (non-hydrogen) atoms. The summed E-state index contributed by atoms with van der Waals surface area (Å²) in [4.78, 5) is 25.5. The average Bonchev–Trinajstić information content (AvgIpc) is 3.33. The van der Waals surface area contributed by atoms with E-state index in [1.165, 1.54) is 205 Å². The van der Waals surface area contributed by atoms with Gasteiger partial charge >= 0.3 is 0 Å². The summed E-state index contributed by atoms with van der Waals surface area (Å²) in [6.45, 7) is 4.64. The van der Waals surface area contributed by atoms with Crippen molar-refractivity contribution in [1.82, 2.24) is 5.32 Å². The fraction of sp³-hybridized carbons (Fsp3) is 0.823. The first-order valence-electron chi connectivity index (χ1n) is 30.2. The van der Waals surface area contributed by atoms with Crippen LogP contribution < -0.4 is 10.2 Å². The number of aliphatic hydroxyl groups excluding tert-OH is 1. The van der Waals surface area contributed by atoms with Crippen molar-refractivity contribution in [2.45, 2.75) is 289 Å². The number of unbranched alkanes of at least 4 members (excludes halogenated alkanes) is 34. The third kappa shape index (κ3) is 55.8. The summed E-state index contributed by atoms with van der Waals surface area (Å²) >= 11 is 0. The van der Waals surface area contributed by atoms with Gasteiger partial charge in [0.2, 0.25) is 5.91 Å². The van der Waals surface area contributed by atoms with Gasteiger partial charge in [0.1, 0.15) is 13.2 Å². The molecule has 0 spiro atoms. The molecule has 0 radical (unpaired) electrons. The summed E-state index contributed by atoms with van der Waals surface area (Å²) in [5, 5.41) is 13.9. The Morgan fingerprint density at radius 1 is 0.493 bits per heavy atom. The van der Waals surface area contributed by atoms with Crippen molar-refractivity contribution in [3.8, 4) is 0 Å². The standard InChI is InChI=1S/C62H117N2O6P/c1-6-8-10-12-14-16-18-20-22-24-26-28-30-31-32-33-34-36-38-40-42-44-46-48-50-52-54-56-62(66)63-60(59-70-71(67,68)69-58-57-64(3,4)5)61(65)55-53-51-49-47-45-43-41-39-37-35-29-27-25-23-21-19-17-15-13-11-9-7-2/h26,28,31-32,37,39,45,47,53,55,60-61,65H,6-25,27,29-30,33-36,38,40-44,46,48-52,54,56-59H2,1-5H3,(H-,63,66,67,68)/b28-26-,32-31-,39-37+,47-45+,55-53+. The van der Waals surface area contributed by atoms with Crippen molar-refractivity contribution >= 4 is 13.7 Å². The number of phosphoric acid groups is 1. The van der Waals surface area contributed by atoms with Gasteiger partial charge in [-0.2, -0.15) is 0 Å². The highest BCUT2D eigenvalue weighted by molar-refractivity contribution is 7.45. The largest absolute Gasteiger partial charge is 0.756 e. The minimum Gasteiger partial charge on any atom is -0.756 e. The molecule has 0 aromatic rings. The van der Waals surface area contributed by atoms with E-state index in [9.17, 15) is 19.4 Å². The third-order valence-corrected chi connectivity index (χ3v) is 14.4. The number of allylic oxidation sites excluding steroid dienone is 9. The molecule has 0 aromatic heterocycles. The topological polar surface area (TPSA) is 108 Å². The number of carbonyl (C=O) groups excluding carboxylic acids is 1. The first-order valence-corrected chi connectivity index (χ1v) is 31.6. The first-order chi connectivity index (χ1) is 34.5. The maximum atomic E-state index is 13.0. The monoisotopic (exact) mass is 1020 g/mol. The van der Waals surface area contributed by atoms with Crippen LogP contribution >= 0.6 is 7.82 Å². The van der Waals surface area contributed by atoms with Crippen molar-refractivity contribution in [3.63, 3.8) is 0 Å². The van der Waals surface area contributed by atoms with Crippen LogP contribution in [0, 0.1) is 0 Å². The Labute approximate surface area is 441 Å². The fourth-order valence-electron chi connectivity index (χ4n) is 8.69.